The standard InChI is InChI=1S/C22H24N2O5/c25-19-11-4-5-12-24(19)21(17-8-2-1-3-9-17)22(28)23-14-16-7-6-10-18(13-16)29-15-20(26)27/h1-3,6-10,13,21H,4-5,11-12,14-15H2,(H,23,28)(H,26,27). The van der Waals surface area contributed by atoms with Crippen molar-refractivity contribution in [1.82, 2.24) is 10.2 Å². The van der Waals surface area contributed by atoms with Crippen molar-refractivity contribution in [1.29, 1.82) is 0 Å². The first kappa shape index (κ1) is 20.4. The topological polar surface area (TPSA) is 95.9 Å². The number of hydrogen-bond donors (Lipinski definition) is 2. The fourth-order valence-corrected chi connectivity index (χ4v) is 3.38. The van der Waals surface area contributed by atoms with Crippen molar-refractivity contribution in [3.63, 3.8) is 0 Å². The number of carbonyl (C=O) groups is 3. The number of nitrogens with one attached hydrogen (secondary N) is 1. The lowest BCUT2D eigenvalue weighted by Gasteiger charge is -2.34. The van der Waals surface area contributed by atoms with Gasteiger partial charge in [-0.15, -0.1) is 0 Å². The van der Waals surface area contributed by atoms with Crippen LogP contribution in [0.3, 0.4) is 0 Å². The lowest BCUT2D eigenvalue weighted by Crippen LogP contribution is -2.45. The van der Waals surface area contributed by atoms with Crippen LogP contribution < -0.4 is 10.1 Å². The van der Waals surface area contributed by atoms with Gasteiger partial charge >= 0.3 is 5.97 Å². The van der Waals surface area contributed by atoms with Crippen LogP contribution in [0.1, 0.15) is 36.4 Å². The molecule has 0 bridgehead atoms. The molecule has 2 amide bonds. The van der Waals surface area contributed by atoms with Crippen molar-refractivity contribution in [3.05, 3.63) is 65.7 Å². The van der Waals surface area contributed by atoms with Gasteiger partial charge in [-0.1, -0.05) is 42.5 Å². The van der Waals surface area contributed by atoms with Gasteiger partial charge in [0, 0.05) is 19.5 Å². The molecule has 7 nitrogen and oxygen atoms in total. The van der Waals surface area contributed by atoms with Gasteiger partial charge < -0.3 is 20.1 Å². The number of piperidine rings is 1. The second kappa shape index (κ2) is 9.73. The van der Waals surface area contributed by atoms with E-state index in [1.165, 1.54) is 0 Å². The normalized spacial score (nSPS) is 14.9. The zero-order valence-electron chi connectivity index (χ0n) is 16.0. The molecule has 0 aromatic heterocycles. The van der Waals surface area contributed by atoms with E-state index in [0.29, 0.717) is 18.7 Å². The third-order valence-electron chi connectivity index (χ3n) is 4.76. The van der Waals surface area contributed by atoms with Crippen LogP contribution in [0.2, 0.25) is 0 Å². The molecule has 0 radical (unpaired) electrons. The maximum absolute atomic E-state index is 13.0. The molecule has 1 aliphatic heterocycles. The lowest BCUT2D eigenvalue weighted by atomic mass is 10.0. The largest absolute Gasteiger partial charge is 0.482 e. The summed E-state index contributed by atoms with van der Waals surface area (Å²) >= 11 is 0. The second-order valence-corrected chi connectivity index (χ2v) is 6.91. The zero-order valence-corrected chi connectivity index (χ0v) is 16.0. The minimum Gasteiger partial charge on any atom is -0.482 e. The van der Waals surface area contributed by atoms with Gasteiger partial charge in [-0.05, 0) is 36.1 Å². The van der Waals surface area contributed by atoms with Crippen molar-refractivity contribution in [3.8, 4) is 5.75 Å². The molecule has 1 saturated heterocycles. The van der Waals surface area contributed by atoms with Crippen LogP contribution in [-0.4, -0.2) is 40.9 Å². The van der Waals surface area contributed by atoms with Crippen LogP contribution in [0, 0.1) is 0 Å². The number of benzene rings is 2. The van der Waals surface area contributed by atoms with E-state index in [4.69, 9.17) is 9.84 Å². The molecule has 152 valence electrons. The van der Waals surface area contributed by atoms with Gasteiger partial charge in [-0.25, -0.2) is 4.79 Å². The van der Waals surface area contributed by atoms with Crippen molar-refractivity contribution in [2.24, 2.45) is 0 Å². The molecule has 0 saturated carbocycles. The number of likely N-dealkylation sites (tertiary alicyclic amines) is 1. The summed E-state index contributed by atoms with van der Waals surface area (Å²) in [5, 5.41) is 11.6. The first-order valence-corrected chi connectivity index (χ1v) is 9.60. The minimum atomic E-state index is -1.05. The third-order valence-corrected chi connectivity index (χ3v) is 4.76. The Hall–Kier alpha value is -3.35. The Kier molecular flexibility index (Phi) is 6.84. The van der Waals surface area contributed by atoms with Gasteiger partial charge in [-0.2, -0.15) is 0 Å². The molecule has 2 N–H and O–H groups in total. The Morgan fingerprint density at radius 1 is 1.10 bits per heavy atom. The monoisotopic (exact) mass is 396 g/mol. The first-order chi connectivity index (χ1) is 14.0. The van der Waals surface area contributed by atoms with E-state index >= 15 is 0 Å². The van der Waals surface area contributed by atoms with E-state index in [9.17, 15) is 14.4 Å². The molecule has 1 atom stereocenters. The van der Waals surface area contributed by atoms with E-state index in [2.05, 4.69) is 5.32 Å². The highest BCUT2D eigenvalue weighted by molar-refractivity contribution is 5.89. The van der Waals surface area contributed by atoms with Gasteiger partial charge in [0.25, 0.3) is 0 Å². The summed E-state index contributed by atoms with van der Waals surface area (Å²) in [4.78, 5) is 37.8. The highest BCUT2D eigenvalue weighted by Crippen LogP contribution is 2.26. The summed E-state index contributed by atoms with van der Waals surface area (Å²) in [5.74, 6) is -0.891. The highest BCUT2D eigenvalue weighted by Gasteiger charge is 2.32. The van der Waals surface area contributed by atoms with Gasteiger partial charge in [0.15, 0.2) is 6.61 Å². The van der Waals surface area contributed by atoms with Crippen LogP contribution in [-0.2, 0) is 20.9 Å². The van der Waals surface area contributed by atoms with Crippen LogP contribution in [0.5, 0.6) is 5.75 Å². The zero-order chi connectivity index (χ0) is 20.6. The minimum absolute atomic E-state index is 0.00989. The predicted octanol–water partition coefficient (Wildman–Crippen LogP) is 2.52. The molecule has 29 heavy (non-hydrogen) atoms. The van der Waals surface area contributed by atoms with Crippen molar-refractivity contribution >= 4 is 17.8 Å². The summed E-state index contributed by atoms with van der Waals surface area (Å²) in [7, 11) is 0. The molecule has 2 aromatic rings. The SMILES string of the molecule is O=C(O)COc1cccc(CNC(=O)C(c2ccccc2)N2CCCCC2=O)c1. The summed E-state index contributed by atoms with van der Waals surface area (Å²) in [6, 6.07) is 15.5. The predicted molar refractivity (Wildman–Crippen MR) is 106 cm³/mol. The molecule has 7 heteroatoms. The van der Waals surface area contributed by atoms with Gasteiger partial charge in [0.05, 0.1) is 0 Å². The molecular formula is C22H24N2O5. The molecule has 1 unspecified atom stereocenters. The Labute approximate surface area is 169 Å². The van der Waals surface area contributed by atoms with E-state index in [-0.39, 0.29) is 18.4 Å². The first-order valence-electron chi connectivity index (χ1n) is 9.60. The lowest BCUT2D eigenvalue weighted by molar-refractivity contribution is -0.142. The van der Waals surface area contributed by atoms with Crippen LogP contribution in [0.4, 0.5) is 0 Å². The number of carboxylic acid groups (broad SMARTS) is 1. The van der Waals surface area contributed by atoms with Crippen molar-refractivity contribution < 1.29 is 24.2 Å². The second-order valence-electron chi connectivity index (χ2n) is 6.91. The fraction of sp³-hybridized carbons (Fsp3) is 0.318. The van der Waals surface area contributed by atoms with Crippen LogP contribution >= 0.6 is 0 Å². The molecule has 1 fully saturated rings. The number of amides is 2. The Morgan fingerprint density at radius 3 is 2.62 bits per heavy atom. The fourth-order valence-electron chi connectivity index (χ4n) is 3.38. The number of ether oxygens (including phenoxy) is 1. The maximum atomic E-state index is 13.0. The van der Waals surface area contributed by atoms with E-state index in [1.54, 1.807) is 23.1 Å². The number of carboxylic acids is 1. The van der Waals surface area contributed by atoms with E-state index in [1.807, 2.05) is 36.4 Å². The van der Waals surface area contributed by atoms with Crippen LogP contribution in [0.25, 0.3) is 0 Å². The molecule has 3 rings (SSSR count). The number of aliphatic carboxylic acids is 1. The third kappa shape index (κ3) is 5.57. The summed E-state index contributed by atoms with van der Waals surface area (Å²) in [5.41, 5.74) is 1.55. The molecular weight excluding hydrogens is 372 g/mol. The molecule has 0 aliphatic carbocycles. The molecule has 0 spiro atoms. The Balaban J connectivity index is 1.71. The van der Waals surface area contributed by atoms with Crippen molar-refractivity contribution in [2.45, 2.75) is 31.8 Å². The van der Waals surface area contributed by atoms with E-state index < -0.39 is 18.6 Å². The Bertz CT molecular complexity index is 869. The van der Waals surface area contributed by atoms with Gasteiger partial charge in [0.2, 0.25) is 11.8 Å². The molecule has 1 heterocycles. The van der Waals surface area contributed by atoms with Gasteiger partial charge in [-0.3, -0.25) is 9.59 Å². The number of hydrogen-bond acceptors (Lipinski definition) is 4. The average molecular weight is 396 g/mol. The smallest absolute Gasteiger partial charge is 0.341 e. The van der Waals surface area contributed by atoms with E-state index in [0.717, 1.165) is 24.0 Å². The Morgan fingerprint density at radius 2 is 1.90 bits per heavy atom. The number of carbonyl (C=O) groups excluding carboxylic acids is 2. The number of nitrogens with zero attached hydrogens (tertiary/aromatic N) is 1. The average Bonchev–Trinajstić information content (AvgIpc) is 2.73. The van der Waals surface area contributed by atoms with Gasteiger partial charge in [0.1, 0.15) is 11.8 Å². The number of rotatable bonds is 8. The summed E-state index contributed by atoms with van der Waals surface area (Å²) in [6.07, 6.45) is 2.19. The maximum Gasteiger partial charge on any atom is 0.341 e. The molecule has 1 aliphatic rings. The van der Waals surface area contributed by atoms with Crippen LogP contribution in [0.15, 0.2) is 54.6 Å². The van der Waals surface area contributed by atoms with Crippen molar-refractivity contribution in [2.75, 3.05) is 13.2 Å². The highest BCUT2D eigenvalue weighted by atomic mass is 16.5. The summed E-state index contributed by atoms with van der Waals surface area (Å²) in [6.45, 7) is 0.377. The quantitative estimate of drug-likeness (QED) is 0.715. The summed E-state index contributed by atoms with van der Waals surface area (Å²) < 4.78 is 5.18. The molecule has 2 aromatic carbocycles.